The number of pyridine rings is 1. The van der Waals surface area contributed by atoms with Crippen LogP contribution in [0, 0.1) is 0 Å². The molecule has 2 aromatic rings. The molecule has 1 atom stereocenters. The summed E-state index contributed by atoms with van der Waals surface area (Å²) in [7, 11) is 0. The second-order valence-corrected chi connectivity index (χ2v) is 4.91. The van der Waals surface area contributed by atoms with E-state index in [1.165, 1.54) is 19.2 Å². The summed E-state index contributed by atoms with van der Waals surface area (Å²) >= 11 is 3.24. The van der Waals surface area contributed by atoms with E-state index >= 15 is 0 Å². The Morgan fingerprint density at radius 2 is 2.15 bits per heavy atom. The molecule has 0 bridgehead atoms. The summed E-state index contributed by atoms with van der Waals surface area (Å²) in [5, 5.41) is 15.4. The maximum atomic E-state index is 12.1. The molecule has 2 aromatic heterocycles. The smallest absolute Gasteiger partial charge is 0.328 e. The molecule has 0 radical (unpaired) electrons. The summed E-state index contributed by atoms with van der Waals surface area (Å²) < 4.78 is 1.94. The van der Waals surface area contributed by atoms with Gasteiger partial charge in [-0.1, -0.05) is 0 Å². The van der Waals surface area contributed by atoms with Gasteiger partial charge in [-0.05, 0) is 41.1 Å². The van der Waals surface area contributed by atoms with E-state index < -0.39 is 17.9 Å². The summed E-state index contributed by atoms with van der Waals surface area (Å²) in [4.78, 5) is 27.1. The molecule has 0 spiro atoms. The number of aromatic nitrogens is 3. The standard InChI is InChI=1S/C12H11BrN4O3/c1-7(12(19)20)17-9(4-5-15-17)11(18)16-10-3-2-8(13)6-14-10/h2-7H,1H3,(H,19,20)(H,14,16,18). The lowest BCUT2D eigenvalue weighted by molar-refractivity contribution is -0.140. The van der Waals surface area contributed by atoms with E-state index in [1.54, 1.807) is 18.3 Å². The molecule has 0 saturated carbocycles. The van der Waals surface area contributed by atoms with Crippen LogP contribution in [0.4, 0.5) is 5.82 Å². The van der Waals surface area contributed by atoms with Gasteiger partial charge in [0.1, 0.15) is 17.6 Å². The molecule has 1 unspecified atom stereocenters. The monoisotopic (exact) mass is 338 g/mol. The third-order valence-corrected chi connectivity index (χ3v) is 3.07. The molecule has 0 saturated heterocycles. The van der Waals surface area contributed by atoms with Crippen LogP contribution in [0.3, 0.4) is 0 Å². The van der Waals surface area contributed by atoms with Crippen molar-refractivity contribution in [1.29, 1.82) is 0 Å². The quantitative estimate of drug-likeness (QED) is 0.887. The number of nitrogens with one attached hydrogen (secondary N) is 1. The first kappa shape index (κ1) is 14.2. The minimum absolute atomic E-state index is 0.157. The second-order valence-electron chi connectivity index (χ2n) is 3.99. The summed E-state index contributed by atoms with van der Waals surface area (Å²) in [6.45, 7) is 1.45. The highest BCUT2D eigenvalue weighted by Crippen LogP contribution is 2.13. The van der Waals surface area contributed by atoms with Gasteiger partial charge >= 0.3 is 5.97 Å². The molecule has 0 aromatic carbocycles. The molecule has 2 heterocycles. The van der Waals surface area contributed by atoms with E-state index in [1.807, 2.05) is 0 Å². The van der Waals surface area contributed by atoms with Crippen LogP contribution in [0.1, 0.15) is 23.5 Å². The van der Waals surface area contributed by atoms with Gasteiger partial charge in [0.05, 0.1) is 0 Å². The van der Waals surface area contributed by atoms with Crippen LogP contribution in [-0.4, -0.2) is 31.7 Å². The molecule has 104 valence electrons. The number of rotatable bonds is 4. The molecule has 20 heavy (non-hydrogen) atoms. The lowest BCUT2D eigenvalue weighted by atomic mass is 10.3. The molecular formula is C12H11BrN4O3. The first-order chi connectivity index (χ1) is 9.49. The third kappa shape index (κ3) is 3.02. The number of hydrogen-bond donors (Lipinski definition) is 2. The number of carboxylic acids is 1. The van der Waals surface area contributed by atoms with E-state index in [0.717, 1.165) is 9.15 Å². The van der Waals surface area contributed by atoms with E-state index in [-0.39, 0.29) is 5.69 Å². The van der Waals surface area contributed by atoms with Crippen molar-refractivity contribution >= 4 is 33.6 Å². The third-order valence-electron chi connectivity index (χ3n) is 2.60. The van der Waals surface area contributed by atoms with Crippen molar-refractivity contribution in [2.45, 2.75) is 13.0 Å². The Bertz CT molecular complexity index is 638. The number of carbonyl (C=O) groups is 2. The molecule has 2 N–H and O–H groups in total. The Morgan fingerprint density at radius 3 is 2.75 bits per heavy atom. The SMILES string of the molecule is CC(C(=O)O)n1nccc1C(=O)Nc1ccc(Br)cn1. The van der Waals surface area contributed by atoms with Crippen molar-refractivity contribution in [1.82, 2.24) is 14.8 Å². The minimum Gasteiger partial charge on any atom is -0.480 e. The van der Waals surface area contributed by atoms with E-state index in [9.17, 15) is 9.59 Å². The number of aliphatic carboxylic acids is 1. The predicted octanol–water partition coefficient (Wildman–Crippen LogP) is 1.94. The molecule has 0 aliphatic carbocycles. The van der Waals surface area contributed by atoms with Gasteiger partial charge in [0, 0.05) is 16.9 Å². The first-order valence-electron chi connectivity index (χ1n) is 5.68. The maximum absolute atomic E-state index is 12.1. The largest absolute Gasteiger partial charge is 0.480 e. The number of carbonyl (C=O) groups excluding carboxylic acids is 1. The molecule has 2 rings (SSSR count). The molecule has 7 nitrogen and oxygen atoms in total. The van der Waals surface area contributed by atoms with E-state index in [2.05, 4.69) is 31.3 Å². The normalized spacial score (nSPS) is 11.9. The predicted molar refractivity (Wildman–Crippen MR) is 74.5 cm³/mol. The second kappa shape index (κ2) is 5.83. The number of halogens is 1. The molecular weight excluding hydrogens is 328 g/mol. The Morgan fingerprint density at radius 1 is 1.40 bits per heavy atom. The van der Waals surface area contributed by atoms with Crippen molar-refractivity contribution in [3.8, 4) is 0 Å². The van der Waals surface area contributed by atoms with E-state index in [0.29, 0.717) is 5.82 Å². The van der Waals surface area contributed by atoms with Crippen molar-refractivity contribution in [3.05, 3.63) is 40.8 Å². The molecule has 1 amide bonds. The number of anilines is 1. The van der Waals surface area contributed by atoms with Gasteiger partial charge in [-0.15, -0.1) is 0 Å². The van der Waals surface area contributed by atoms with E-state index in [4.69, 9.17) is 5.11 Å². The van der Waals surface area contributed by atoms with Crippen LogP contribution in [0.15, 0.2) is 35.1 Å². The highest BCUT2D eigenvalue weighted by Gasteiger charge is 2.21. The van der Waals surface area contributed by atoms with Crippen molar-refractivity contribution in [2.75, 3.05) is 5.32 Å². The molecule has 0 fully saturated rings. The van der Waals surface area contributed by atoms with Crippen LogP contribution in [0.5, 0.6) is 0 Å². The van der Waals surface area contributed by atoms with Gasteiger partial charge in [-0.2, -0.15) is 5.10 Å². The number of amides is 1. The van der Waals surface area contributed by atoms with Gasteiger partial charge < -0.3 is 10.4 Å². The summed E-state index contributed by atoms with van der Waals surface area (Å²) in [6.07, 6.45) is 2.93. The van der Waals surface area contributed by atoms with Gasteiger partial charge in [-0.3, -0.25) is 4.79 Å². The topological polar surface area (TPSA) is 97.1 Å². The highest BCUT2D eigenvalue weighted by molar-refractivity contribution is 9.10. The van der Waals surface area contributed by atoms with Crippen molar-refractivity contribution < 1.29 is 14.7 Å². The van der Waals surface area contributed by atoms with Gasteiger partial charge in [0.2, 0.25) is 0 Å². The zero-order valence-corrected chi connectivity index (χ0v) is 12.0. The minimum atomic E-state index is -1.07. The van der Waals surface area contributed by atoms with Gasteiger partial charge in [0.15, 0.2) is 0 Å². The fourth-order valence-electron chi connectivity index (χ4n) is 1.54. The van der Waals surface area contributed by atoms with Gasteiger partial charge in [0.25, 0.3) is 5.91 Å². The average molecular weight is 339 g/mol. The first-order valence-corrected chi connectivity index (χ1v) is 6.47. The highest BCUT2D eigenvalue weighted by atomic mass is 79.9. The summed E-state index contributed by atoms with van der Waals surface area (Å²) in [6, 6.07) is 3.89. The molecule has 0 aliphatic heterocycles. The Kier molecular flexibility index (Phi) is 4.14. The Balaban J connectivity index is 2.20. The fraction of sp³-hybridized carbons (Fsp3) is 0.167. The molecule has 8 heteroatoms. The Hall–Kier alpha value is -2.22. The lowest BCUT2D eigenvalue weighted by Crippen LogP contribution is -2.24. The summed E-state index contributed by atoms with van der Waals surface area (Å²) in [5.41, 5.74) is 0.157. The number of carboxylic acid groups (broad SMARTS) is 1. The zero-order valence-electron chi connectivity index (χ0n) is 10.4. The van der Waals surface area contributed by atoms with Gasteiger partial charge in [-0.25, -0.2) is 14.5 Å². The van der Waals surface area contributed by atoms with Crippen molar-refractivity contribution in [2.24, 2.45) is 0 Å². The van der Waals surface area contributed by atoms with Crippen LogP contribution < -0.4 is 5.32 Å². The lowest BCUT2D eigenvalue weighted by Gasteiger charge is -2.11. The Labute approximate surface area is 122 Å². The summed E-state index contributed by atoms with van der Waals surface area (Å²) in [5.74, 6) is -1.16. The zero-order chi connectivity index (χ0) is 14.7. The van der Waals surface area contributed by atoms with Crippen molar-refractivity contribution in [3.63, 3.8) is 0 Å². The average Bonchev–Trinajstić information content (AvgIpc) is 2.89. The van der Waals surface area contributed by atoms with Crippen LogP contribution in [0.25, 0.3) is 0 Å². The van der Waals surface area contributed by atoms with Crippen LogP contribution in [-0.2, 0) is 4.79 Å². The maximum Gasteiger partial charge on any atom is 0.328 e. The molecule has 0 aliphatic rings. The van der Waals surface area contributed by atoms with Crippen LogP contribution >= 0.6 is 15.9 Å². The fourth-order valence-corrected chi connectivity index (χ4v) is 1.77. The van der Waals surface area contributed by atoms with Crippen LogP contribution in [0.2, 0.25) is 0 Å². The number of hydrogen-bond acceptors (Lipinski definition) is 4. The number of nitrogens with zero attached hydrogens (tertiary/aromatic N) is 3.